The molecule has 1 aromatic heterocycles. The summed E-state index contributed by atoms with van der Waals surface area (Å²) in [7, 11) is 0. The van der Waals surface area contributed by atoms with E-state index in [0.29, 0.717) is 32.5 Å². The monoisotopic (exact) mass is 398 g/mol. The largest absolute Gasteiger partial charge is 0.477 e. The predicted octanol–water partition coefficient (Wildman–Crippen LogP) is 4.78. The van der Waals surface area contributed by atoms with Crippen molar-refractivity contribution in [2.45, 2.75) is 32.1 Å². The Morgan fingerprint density at radius 3 is 2.88 bits per heavy atom. The molecular formula is C18H20Cl2N2O2S. The van der Waals surface area contributed by atoms with Crippen LogP contribution >= 0.6 is 34.5 Å². The third-order valence-electron chi connectivity index (χ3n) is 4.69. The summed E-state index contributed by atoms with van der Waals surface area (Å²) in [5.41, 5.74) is 1.79. The van der Waals surface area contributed by atoms with Crippen LogP contribution in [0, 0.1) is 12.8 Å². The Morgan fingerprint density at radius 1 is 1.40 bits per heavy atom. The van der Waals surface area contributed by atoms with E-state index in [4.69, 9.17) is 23.2 Å². The number of nitrogens with zero attached hydrogens (tertiary/aromatic N) is 1. The number of carboxylic acid groups (broad SMARTS) is 1. The maximum Gasteiger partial charge on any atom is 0.347 e. The van der Waals surface area contributed by atoms with Gasteiger partial charge in [0, 0.05) is 6.42 Å². The van der Waals surface area contributed by atoms with Gasteiger partial charge in [0.1, 0.15) is 4.88 Å². The number of carboxylic acids is 1. The van der Waals surface area contributed by atoms with Crippen molar-refractivity contribution in [3.8, 4) is 0 Å². The van der Waals surface area contributed by atoms with Gasteiger partial charge < -0.3 is 10.4 Å². The van der Waals surface area contributed by atoms with E-state index in [-0.39, 0.29) is 0 Å². The lowest BCUT2D eigenvalue weighted by Gasteiger charge is -2.25. The van der Waals surface area contributed by atoms with Crippen molar-refractivity contribution in [2.24, 2.45) is 5.92 Å². The number of carbonyl (C=O) groups is 1. The van der Waals surface area contributed by atoms with Crippen LogP contribution in [0.15, 0.2) is 18.2 Å². The van der Waals surface area contributed by atoms with Crippen LogP contribution in [-0.2, 0) is 6.42 Å². The van der Waals surface area contributed by atoms with Crippen molar-refractivity contribution in [3.63, 3.8) is 0 Å². The number of aromatic carboxylic acids is 1. The highest BCUT2D eigenvalue weighted by atomic mass is 35.5. The van der Waals surface area contributed by atoms with Crippen LogP contribution in [0.1, 0.15) is 44.7 Å². The molecule has 0 spiro atoms. The van der Waals surface area contributed by atoms with E-state index in [9.17, 15) is 9.90 Å². The molecule has 1 aliphatic heterocycles. The van der Waals surface area contributed by atoms with E-state index in [0.717, 1.165) is 37.4 Å². The molecule has 1 saturated heterocycles. The number of nitrogens with one attached hydrogen (secondary N) is 1. The van der Waals surface area contributed by atoms with Crippen molar-refractivity contribution in [1.29, 1.82) is 0 Å². The quantitative estimate of drug-likeness (QED) is 0.777. The first-order valence-electron chi connectivity index (χ1n) is 8.31. The minimum Gasteiger partial charge on any atom is -0.477 e. The molecule has 7 heteroatoms. The zero-order valence-corrected chi connectivity index (χ0v) is 16.2. The average Bonchev–Trinajstić information content (AvgIpc) is 2.78. The molecule has 1 fully saturated rings. The Bertz CT molecular complexity index is 778. The van der Waals surface area contributed by atoms with E-state index in [1.54, 1.807) is 6.92 Å². The van der Waals surface area contributed by atoms with Crippen LogP contribution < -0.4 is 5.32 Å². The summed E-state index contributed by atoms with van der Waals surface area (Å²) < 4.78 is 0. The van der Waals surface area contributed by atoms with Crippen LogP contribution in [-0.4, -0.2) is 29.1 Å². The summed E-state index contributed by atoms with van der Waals surface area (Å²) in [6.45, 7) is 3.63. The normalized spacial score (nSPS) is 21.1. The summed E-state index contributed by atoms with van der Waals surface area (Å²) in [4.78, 5) is 16.1. The Kier molecular flexibility index (Phi) is 6.00. The molecule has 25 heavy (non-hydrogen) atoms. The van der Waals surface area contributed by atoms with Crippen molar-refractivity contribution >= 4 is 40.5 Å². The highest BCUT2D eigenvalue weighted by Gasteiger charge is 2.27. The van der Waals surface area contributed by atoms with Crippen molar-refractivity contribution in [1.82, 2.24) is 10.3 Å². The number of benzene rings is 1. The first-order valence-corrected chi connectivity index (χ1v) is 9.88. The zero-order valence-electron chi connectivity index (χ0n) is 13.9. The molecule has 1 aliphatic rings. The summed E-state index contributed by atoms with van der Waals surface area (Å²) in [6.07, 6.45) is 2.92. The lowest BCUT2D eigenvalue weighted by Crippen LogP contribution is -2.25. The molecule has 2 heterocycles. The number of hydrogen-bond acceptors (Lipinski definition) is 4. The lowest BCUT2D eigenvalue weighted by atomic mass is 9.82. The summed E-state index contributed by atoms with van der Waals surface area (Å²) >= 11 is 13.6. The van der Waals surface area contributed by atoms with E-state index < -0.39 is 5.97 Å². The molecule has 0 unspecified atom stereocenters. The Balaban J connectivity index is 1.86. The second-order valence-corrected chi connectivity index (χ2v) is 8.32. The number of hydrogen-bond donors (Lipinski definition) is 2. The van der Waals surface area contributed by atoms with Gasteiger partial charge in [-0.05, 0) is 62.4 Å². The average molecular weight is 399 g/mol. The highest BCUT2D eigenvalue weighted by Crippen LogP contribution is 2.36. The van der Waals surface area contributed by atoms with E-state index in [1.807, 2.05) is 18.2 Å². The van der Waals surface area contributed by atoms with Crippen LogP contribution in [0.25, 0.3) is 0 Å². The summed E-state index contributed by atoms with van der Waals surface area (Å²) in [5, 5.41) is 14.8. The smallest absolute Gasteiger partial charge is 0.347 e. The maximum atomic E-state index is 11.3. The Morgan fingerprint density at radius 2 is 2.20 bits per heavy atom. The maximum absolute atomic E-state index is 11.3. The standard InChI is InChI=1S/C18H20Cl2N2O2S/c1-10-17(18(23)24)25-16(22-10)8-12-9-21-6-2-3-13(12)11-4-5-14(19)15(20)7-11/h4-5,7,12-13,21H,2-3,6,8-9H2,1H3,(H,23,24)/t12-,13+/m1/s1. The highest BCUT2D eigenvalue weighted by molar-refractivity contribution is 7.13. The van der Waals surface area contributed by atoms with E-state index >= 15 is 0 Å². The molecular weight excluding hydrogens is 379 g/mol. The third-order valence-corrected chi connectivity index (χ3v) is 6.59. The van der Waals surface area contributed by atoms with E-state index in [2.05, 4.69) is 10.3 Å². The first-order chi connectivity index (χ1) is 12.0. The first kappa shape index (κ1) is 18.6. The fourth-order valence-electron chi connectivity index (χ4n) is 3.47. The van der Waals surface area contributed by atoms with Crippen LogP contribution in [0.2, 0.25) is 10.0 Å². The van der Waals surface area contributed by atoms with Crippen LogP contribution in [0.5, 0.6) is 0 Å². The predicted molar refractivity (Wildman–Crippen MR) is 102 cm³/mol. The van der Waals surface area contributed by atoms with Gasteiger partial charge in [0.2, 0.25) is 0 Å². The molecule has 0 aliphatic carbocycles. The minimum absolute atomic E-state index is 0.336. The van der Waals surface area contributed by atoms with Crippen LogP contribution in [0.4, 0.5) is 0 Å². The number of aryl methyl sites for hydroxylation is 1. The molecule has 2 atom stereocenters. The molecule has 2 N–H and O–H groups in total. The van der Waals surface area contributed by atoms with Gasteiger partial charge in [-0.3, -0.25) is 0 Å². The van der Waals surface area contributed by atoms with Crippen LogP contribution in [0.3, 0.4) is 0 Å². The van der Waals surface area contributed by atoms with Gasteiger partial charge in [0.15, 0.2) is 0 Å². The second-order valence-electron chi connectivity index (χ2n) is 6.42. The van der Waals surface area contributed by atoms with Gasteiger partial charge >= 0.3 is 5.97 Å². The van der Waals surface area contributed by atoms with Crippen molar-refractivity contribution in [3.05, 3.63) is 49.4 Å². The zero-order chi connectivity index (χ0) is 18.0. The van der Waals surface area contributed by atoms with Gasteiger partial charge in [0.25, 0.3) is 0 Å². The summed E-state index contributed by atoms with van der Waals surface area (Å²) in [6, 6.07) is 5.86. The van der Waals surface area contributed by atoms with Gasteiger partial charge in [-0.15, -0.1) is 11.3 Å². The molecule has 0 bridgehead atoms. The number of aromatic nitrogens is 1. The molecule has 0 radical (unpaired) electrons. The third kappa shape index (κ3) is 4.34. The minimum atomic E-state index is -0.902. The number of rotatable bonds is 4. The fraction of sp³-hybridized carbons (Fsp3) is 0.444. The number of thiazole rings is 1. The molecule has 134 valence electrons. The molecule has 2 aromatic rings. The SMILES string of the molecule is Cc1nc(C[C@@H]2CNCCC[C@H]2c2ccc(Cl)c(Cl)c2)sc1C(=O)O. The molecule has 1 aromatic carbocycles. The number of halogens is 2. The molecule has 0 amide bonds. The van der Waals surface area contributed by atoms with Gasteiger partial charge in [-0.1, -0.05) is 29.3 Å². The molecule has 3 rings (SSSR count). The van der Waals surface area contributed by atoms with E-state index in [1.165, 1.54) is 16.9 Å². The Hall–Kier alpha value is -1.14. The lowest BCUT2D eigenvalue weighted by molar-refractivity contribution is 0.0701. The van der Waals surface area contributed by atoms with Gasteiger partial charge in [-0.25, -0.2) is 9.78 Å². The fourth-order valence-corrected chi connectivity index (χ4v) is 4.77. The van der Waals surface area contributed by atoms with Gasteiger partial charge in [-0.2, -0.15) is 0 Å². The van der Waals surface area contributed by atoms with Crippen molar-refractivity contribution < 1.29 is 9.90 Å². The topological polar surface area (TPSA) is 62.2 Å². The second kappa shape index (κ2) is 8.04. The Labute approximate surface area is 161 Å². The molecule has 0 saturated carbocycles. The van der Waals surface area contributed by atoms with Crippen molar-refractivity contribution in [2.75, 3.05) is 13.1 Å². The summed E-state index contributed by atoms with van der Waals surface area (Å²) in [5.74, 6) is -0.213. The van der Waals surface area contributed by atoms with Gasteiger partial charge in [0.05, 0.1) is 20.7 Å². The molecule has 4 nitrogen and oxygen atoms in total.